The molecule has 1 saturated heterocycles. The molecule has 1 aromatic rings. The predicted molar refractivity (Wildman–Crippen MR) is 94.1 cm³/mol. The van der Waals surface area contributed by atoms with Crippen molar-refractivity contribution in [1.29, 1.82) is 0 Å². The Kier molecular flexibility index (Phi) is 9.69. The van der Waals surface area contributed by atoms with E-state index >= 15 is 0 Å². The summed E-state index contributed by atoms with van der Waals surface area (Å²) in [5, 5.41) is 3.33. The van der Waals surface area contributed by atoms with Crippen LogP contribution >= 0.6 is 24.8 Å². The zero-order valence-corrected chi connectivity index (χ0v) is 14.7. The Balaban J connectivity index is 0.00000220. The highest BCUT2D eigenvalue weighted by molar-refractivity contribution is 5.85. The fourth-order valence-electron chi connectivity index (χ4n) is 2.66. The van der Waals surface area contributed by atoms with Crippen molar-refractivity contribution in [3.8, 4) is 5.75 Å². The topological polar surface area (TPSA) is 24.5 Å². The SMILES string of the molecule is C=C(C)C[C@@H](c1ccc(OC)cc1F)N1CCNCC1.Cl.Cl. The zero-order valence-electron chi connectivity index (χ0n) is 13.1. The number of nitrogens with one attached hydrogen (secondary N) is 1. The molecule has 0 amide bonds. The highest BCUT2D eigenvalue weighted by Crippen LogP contribution is 2.31. The molecule has 3 nitrogen and oxygen atoms in total. The fraction of sp³-hybridized carbons (Fsp3) is 0.500. The highest BCUT2D eigenvalue weighted by atomic mass is 35.5. The Morgan fingerprint density at radius 3 is 2.50 bits per heavy atom. The van der Waals surface area contributed by atoms with Crippen LogP contribution in [0, 0.1) is 5.82 Å². The van der Waals surface area contributed by atoms with E-state index in [2.05, 4.69) is 16.8 Å². The third-order valence-electron chi connectivity index (χ3n) is 3.70. The minimum atomic E-state index is -0.200. The summed E-state index contributed by atoms with van der Waals surface area (Å²) >= 11 is 0. The van der Waals surface area contributed by atoms with Crippen molar-refractivity contribution >= 4 is 24.8 Å². The van der Waals surface area contributed by atoms with Gasteiger partial charge in [-0.2, -0.15) is 0 Å². The molecule has 1 heterocycles. The van der Waals surface area contributed by atoms with Gasteiger partial charge in [0.15, 0.2) is 0 Å². The summed E-state index contributed by atoms with van der Waals surface area (Å²) in [7, 11) is 1.55. The summed E-state index contributed by atoms with van der Waals surface area (Å²) in [4.78, 5) is 2.33. The van der Waals surface area contributed by atoms with Gasteiger partial charge in [-0.05, 0) is 19.4 Å². The molecule has 0 spiro atoms. The minimum Gasteiger partial charge on any atom is -0.497 e. The van der Waals surface area contributed by atoms with Crippen LogP contribution in [0.5, 0.6) is 5.75 Å². The highest BCUT2D eigenvalue weighted by Gasteiger charge is 2.24. The molecule has 0 aliphatic carbocycles. The number of hydrogen-bond acceptors (Lipinski definition) is 3. The van der Waals surface area contributed by atoms with E-state index in [1.807, 2.05) is 19.1 Å². The van der Waals surface area contributed by atoms with Gasteiger partial charge in [0.25, 0.3) is 0 Å². The maximum Gasteiger partial charge on any atom is 0.131 e. The van der Waals surface area contributed by atoms with Crippen LogP contribution in [0.3, 0.4) is 0 Å². The van der Waals surface area contributed by atoms with Crippen LogP contribution in [0.2, 0.25) is 0 Å². The number of nitrogens with zero attached hydrogens (tertiary/aromatic N) is 1. The Morgan fingerprint density at radius 1 is 1.36 bits per heavy atom. The van der Waals surface area contributed by atoms with Crippen LogP contribution < -0.4 is 10.1 Å². The summed E-state index contributed by atoms with van der Waals surface area (Å²) < 4.78 is 19.4. The van der Waals surface area contributed by atoms with Crippen molar-refractivity contribution in [2.45, 2.75) is 19.4 Å². The summed E-state index contributed by atoms with van der Waals surface area (Å²) in [5.41, 5.74) is 1.81. The molecule has 0 bridgehead atoms. The van der Waals surface area contributed by atoms with Gasteiger partial charge >= 0.3 is 0 Å². The van der Waals surface area contributed by atoms with Crippen LogP contribution in [-0.2, 0) is 0 Å². The van der Waals surface area contributed by atoms with Crippen molar-refractivity contribution in [3.63, 3.8) is 0 Å². The average Bonchev–Trinajstić information content (AvgIpc) is 2.45. The fourth-order valence-corrected chi connectivity index (χ4v) is 2.66. The normalized spacial score (nSPS) is 16.1. The molecule has 126 valence electrons. The van der Waals surface area contributed by atoms with Gasteiger partial charge in [-0.25, -0.2) is 4.39 Å². The number of rotatable bonds is 5. The number of hydrogen-bond donors (Lipinski definition) is 1. The van der Waals surface area contributed by atoms with E-state index in [0.29, 0.717) is 5.75 Å². The second-order valence-electron chi connectivity index (χ2n) is 5.35. The predicted octanol–water partition coefficient (Wildman–Crippen LogP) is 3.59. The molecule has 1 N–H and O–H groups in total. The smallest absolute Gasteiger partial charge is 0.131 e. The Morgan fingerprint density at radius 2 is 2.00 bits per heavy atom. The molecular formula is C16H25Cl2FN2O. The van der Waals surface area contributed by atoms with E-state index in [4.69, 9.17) is 4.74 Å². The molecule has 1 aliphatic heterocycles. The maximum absolute atomic E-state index is 14.3. The lowest BCUT2D eigenvalue weighted by atomic mass is 9.97. The monoisotopic (exact) mass is 350 g/mol. The number of ether oxygens (including phenoxy) is 1. The molecule has 0 aromatic heterocycles. The molecule has 22 heavy (non-hydrogen) atoms. The Labute approximate surface area is 144 Å². The van der Waals surface area contributed by atoms with Crippen LogP contribution in [0.1, 0.15) is 24.9 Å². The Hall–Kier alpha value is -0.810. The third-order valence-corrected chi connectivity index (χ3v) is 3.70. The molecule has 0 radical (unpaired) electrons. The van der Waals surface area contributed by atoms with Gasteiger partial charge in [0.2, 0.25) is 0 Å². The summed E-state index contributed by atoms with van der Waals surface area (Å²) in [6.07, 6.45) is 0.781. The average molecular weight is 351 g/mol. The first-order valence-electron chi connectivity index (χ1n) is 7.04. The first-order valence-corrected chi connectivity index (χ1v) is 7.04. The largest absolute Gasteiger partial charge is 0.497 e. The molecule has 0 unspecified atom stereocenters. The van der Waals surface area contributed by atoms with E-state index in [0.717, 1.165) is 43.7 Å². The van der Waals surface area contributed by atoms with E-state index in [1.165, 1.54) is 6.07 Å². The van der Waals surface area contributed by atoms with Crippen LogP contribution in [-0.4, -0.2) is 38.2 Å². The molecule has 1 aliphatic rings. The van der Waals surface area contributed by atoms with Gasteiger partial charge in [0, 0.05) is 43.9 Å². The Bertz CT molecular complexity index is 479. The molecular weight excluding hydrogens is 326 g/mol. The summed E-state index contributed by atoms with van der Waals surface area (Å²) in [6.45, 7) is 9.75. The first kappa shape index (κ1) is 21.2. The first-order chi connectivity index (χ1) is 9.61. The van der Waals surface area contributed by atoms with Crippen LogP contribution in [0.25, 0.3) is 0 Å². The van der Waals surface area contributed by atoms with Gasteiger partial charge < -0.3 is 10.1 Å². The van der Waals surface area contributed by atoms with Crippen LogP contribution in [0.15, 0.2) is 30.4 Å². The number of piperazine rings is 1. The molecule has 6 heteroatoms. The number of methoxy groups -OCH3 is 1. The van der Waals surface area contributed by atoms with Gasteiger partial charge in [0.1, 0.15) is 11.6 Å². The lowest BCUT2D eigenvalue weighted by Gasteiger charge is -2.35. The van der Waals surface area contributed by atoms with E-state index in [1.54, 1.807) is 7.11 Å². The van der Waals surface area contributed by atoms with Crippen molar-refractivity contribution in [1.82, 2.24) is 10.2 Å². The van der Waals surface area contributed by atoms with E-state index in [9.17, 15) is 4.39 Å². The molecule has 1 aromatic carbocycles. The second kappa shape index (κ2) is 10.1. The van der Waals surface area contributed by atoms with Gasteiger partial charge in [-0.3, -0.25) is 4.90 Å². The number of benzene rings is 1. The van der Waals surface area contributed by atoms with Gasteiger partial charge in [-0.1, -0.05) is 11.6 Å². The van der Waals surface area contributed by atoms with E-state index in [-0.39, 0.29) is 36.7 Å². The van der Waals surface area contributed by atoms with Crippen LogP contribution in [0.4, 0.5) is 4.39 Å². The van der Waals surface area contributed by atoms with Crippen molar-refractivity contribution in [2.24, 2.45) is 0 Å². The summed E-state index contributed by atoms with van der Waals surface area (Å²) in [5.74, 6) is 0.356. The van der Waals surface area contributed by atoms with Crippen molar-refractivity contribution < 1.29 is 9.13 Å². The third kappa shape index (κ3) is 5.43. The quantitative estimate of drug-likeness (QED) is 0.821. The maximum atomic E-state index is 14.3. The van der Waals surface area contributed by atoms with Crippen molar-refractivity contribution in [3.05, 3.63) is 41.7 Å². The lowest BCUT2D eigenvalue weighted by Crippen LogP contribution is -2.45. The molecule has 1 atom stereocenters. The standard InChI is InChI=1S/C16H23FN2O.2ClH/c1-12(2)10-16(19-8-6-18-7-9-19)14-5-4-13(20-3)11-15(14)17;;/h4-5,11,16,18H,1,6-10H2,2-3H3;2*1H/t16-;;/m0../s1. The summed E-state index contributed by atoms with van der Waals surface area (Å²) in [6, 6.07) is 5.18. The van der Waals surface area contributed by atoms with Gasteiger partial charge in [-0.15, -0.1) is 31.4 Å². The second-order valence-corrected chi connectivity index (χ2v) is 5.35. The molecule has 2 rings (SSSR count). The number of halogens is 3. The van der Waals surface area contributed by atoms with Crippen molar-refractivity contribution in [2.75, 3.05) is 33.3 Å². The van der Waals surface area contributed by atoms with Gasteiger partial charge in [0.05, 0.1) is 7.11 Å². The molecule has 0 saturated carbocycles. The zero-order chi connectivity index (χ0) is 14.5. The lowest BCUT2D eigenvalue weighted by molar-refractivity contribution is 0.169. The minimum absolute atomic E-state index is 0. The molecule has 1 fully saturated rings. The van der Waals surface area contributed by atoms with E-state index < -0.39 is 0 Å².